The Morgan fingerprint density at radius 1 is 0.500 bits per heavy atom. The molecule has 2 atom stereocenters. The van der Waals surface area contributed by atoms with Crippen molar-refractivity contribution in [1.29, 1.82) is 0 Å². The molecule has 56 heavy (non-hydrogen) atoms. The maximum Gasteiger partial charge on any atom is 0.326 e. The van der Waals surface area contributed by atoms with Gasteiger partial charge in [0.05, 0.1) is 45.7 Å². The highest BCUT2D eigenvalue weighted by atomic mass is 32.1. The van der Waals surface area contributed by atoms with Crippen LogP contribution in [0.15, 0.2) is 0 Å². The molecular formula is C38H68N4O13S. The number of aliphatic carboxylic acids is 2. The molecule has 0 unspecified atom stereocenters. The van der Waals surface area contributed by atoms with Crippen molar-refractivity contribution >= 4 is 53.3 Å². The van der Waals surface area contributed by atoms with Gasteiger partial charge in [0.2, 0.25) is 28.7 Å². The second-order valence-electron chi connectivity index (χ2n) is 13.5. The van der Waals surface area contributed by atoms with Gasteiger partial charge in [0.15, 0.2) is 0 Å². The van der Waals surface area contributed by atoms with E-state index in [1.54, 1.807) is 0 Å². The number of amides is 4. The van der Waals surface area contributed by atoms with Gasteiger partial charge in [-0.2, -0.15) is 0 Å². The monoisotopic (exact) mass is 820 g/mol. The molecule has 18 heteroatoms. The van der Waals surface area contributed by atoms with Gasteiger partial charge < -0.3 is 50.4 Å². The van der Waals surface area contributed by atoms with Gasteiger partial charge in [0.25, 0.3) is 0 Å². The first-order valence-corrected chi connectivity index (χ1v) is 20.5. The molecule has 0 saturated heterocycles. The van der Waals surface area contributed by atoms with E-state index in [2.05, 4.69) is 33.9 Å². The molecule has 0 aromatic rings. The van der Waals surface area contributed by atoms with E-state index < -0.39 is 35.0 Å². The molecule has 0 aliphatic heterocycles. The lowest BCUT2D eigenvalue weighted by atomic mass is 10.0. The number of rotatable bonds is 40. The minimum Gasteiger partial charge on any atom is -0.481 e. The minimum absolute atomic E-state index is 0.0292. The lowest BCUT2D eigenvalue weighted by Crippen LogP contribution is -2.41. The molecule has 6 N–H and O–H groups in total. The number of hydrogen-bond acceptors (Lipinski definition) is 11. The van der Waals surface area contributed by atoms with Crippen molar-refractivity contribution < 1.29 is 62.7 Å². The molecule has 0 aromatic heterocycles. The number of nitrogens with one attached hydrogen (secondary N) is 4. The summed E-state index contributed by atoms with van der Waals surface area (Å²) in [6.45, 7) is 2.75. The average molecular weight is 821 g/mol. The normalized spacial score (nSPS) is 12.0. The summed E-state index contributed by atoms with van der Waals surface area (Å²) in [6.07, 6.45) is 15.5. The molecule has 0 aromatic carbocycles. The molecule has 0 rings (SSSR count). The van der Waals surface area contributed by atoms with Gasteiger partial charge in [-0.05, 0) is 26.2 Å². The van der Waals surface area contributed by atoms with Crippen LogP contribution in [0.5, 0.6) is 0 Å². The molecule has 0 saturated carbocycles. The number of unbranched alkanes of at least 4 members (excludes halogenated alkanes) is 13. The molecular weight excluding hydrogens is 753 g/mol. The third-order valence-corrected chi connectivity index (χ3v) is 8.82. The molecule has 0 bridgehead atoms. The Balaban J connectivity index is 3.67. The zero-order chi connectivity index (χ0) is 41.7. The fraction of sp³-hybridized carbons (Fsp3) is 0.816. The lowest BCUT2D eigenvalue weighted by Gasteiger charge is -2.14. The number of carbonyl (C=O) groups excluding carboxylic acids is 5. The Morgan fingerprint density at radius 2 is 0.929 bits per heavy atom. The van der Waals surface area contributed by atoms with Gasteiger partial charge in [-0.25, -0.2) is 4.79 Å². The summed E-state index contributed by atoms with van der Waals surface area (Å²) in [6, 6.07) is -1.84. The maximum absolute atomic E-state index is 12.3. The predicted molar refractivity (Wildman–Crippen MR) is 211 cm³/mol. The molecule has 324 valence electrons. The van der Waals surface area contributed by atoms with Crippen molar-refractivity contribution in [2.24, 2.45) is 0 Å². The molecule has 0 fully saturated rings. The second-order valence-corrected chi connectivity index (χ2v) is 13.9. The molecule has 0 spiro atoms. The van der Waals surface area contributed by atoms with Crippen LogP contribution in [0.4, 0.5) is 0 Å². The van der Waals surface area contributed by atoms with Gasteiger partial charge in [-0.15, -0.1) is 12.6 Å². The summed E-state index contributed by atoms with van der Waals surface area (Å²) in [5.74, 6) is -3.37. The number of carboxylic acids is 2. The second kappa shape index (κ2) is 37.3. The maximum atomic E-state index is 12.3. The fourth-order valence-electron chi connectivity index (χ4n) is 5.26. The van der Waals surface area contributed by atoms with Gasteiger partial charge in [0, 0.05) is 32.4 Å². The summed E-state index contributed by atoms with van der Waals surface area (Å²) in [5, 5.41) is 27.9. The van der Waals surface area contributed by atoms with Gasteiger partial charge in [-0.3, -0.25) is 28.8 Å². The van der Waals surface area contributed by atoms with Gasteiger partial charge in [-0.1, -0.05) is 77.0 Å². The van der Waals surface area contributed by atoms with E-state index in [1.165, 1.54) is 51.9 Å². The first-order valence-electron chi connectivity index (χ1n) is 20.0. The SMILES string of the molecule is C[C@H](NC(=O)COCCOCCNC(=O)COCCOCCNC(=O)CC[C@H](NC(=O)CCCCCCCCCCCCCCCCC(=O)O)C(=O)O)C(=O)S. The third kappa shape index (κ3) is 36.3. The summed E-state index contributed by atoms with van der Waals surface area (Å²) >= 11 is 3.63. The highest BCUT2D eigenvalue weighted by Crippen LogP contribution is 2.14. The highest BCUT2D eigenvalue weighted by molar-refractivity contribution is 7.96. The first-order chi connectivity index (χ1) is 26.9. The van der Waals surface area contributed by atoms with E-state index in [0.717, 1.165) is 38.5 Å². The van der Waals surface area contributed by atoms with Gasteiger partial charge >= 0.3 is 11.9 Å². The summed E-state index contributed by atoms with van der Waals surface area (Å²) in [7, 11) is 0. The lowest BCUT2D eigenvalue weighted by molar-refractivity contribution is -0.142. The van der Waals surface area contributed by atoms with Crippen LogP contribution in [0.1, 0.15) is 122 Å². The summed E-state index contributed by atoms with van der Waals surface area (Å²) in [5.41, 5.74) is 0. The standard InChI is InChI=1S/C38H68N4O13S/c1-30(38(51)56)41-35(46)29-55-27-25-53-23-21-40-34(45)28-54-26-24-52-22-20-39-32(43)19-18-31(37(49)50)42-33(44)16-14-12-10-8-6-4-2-3-5-7-9-11-13-15-17-36(47)48/h30-31H,2-29H2,1H3,(H,39,43)(H,40,45)(H,41,46)(H,42,44)(H,47,48)(H,49,50)(H,51,56)/t30-,31-/m0/s1. The Bertz CT molecular complexity index is 1120. The predicted octanol–water partition coefficient (Wildman–Crippen LogP) is 2.92. The zero-order valence-electron chi connectivity index (χ0n) is 33.3. The molecule has 0 radical (unpaired) electrons. The van der Waals surface area contributed by atoms with Crippen LogP contribution in [0, 0.1) is 0 Å². The fourth-order valence-corrected chi connectivity index (χ4v) is 5.33. The largest absolute Gasteiger partial charge is 0.481 e. The Kier molecular flexibility index (Phi) is 35.1. The van der Waals surface area contributed by atoms with Crippen LogP contribution in [0.25, 0.3) is 0 Å². The summed E-state index contributed by atoms with van der Waals surface area (Å²) < 4.78 is 21.1. The average Bonchev–Trinajstić information content (AvgIpc) is 3.14. The van der Waals surface area contributed by atoms with E-state index in [-0.39, 0.29) is 109 Å². The molecule has 0 aliphatic rings. The molecule has 4 amide bonds. The van der Waals surface area contributed by atoms with Crippen molar-refractivity contribution in [1.82, 2.24) is 21.3 Å². The number of hydrogen-bond donors (Lipinski definition) is 7. The number of ether oxygens (including phenoxy) is 4. The van der Waals surface area contributed by atoms with E-state index in [9.17, 15) is 38.7 Å². The van der Waals surface area contributed by atoms with E-state index >= 15 is 0 Å². The van der Waals surface area contributed by atoms with Crippen LogP contribution in [-0.4, -0.2) is 129 Å². The van der Waals surface area contributed by atoms with Crippen LogP contribution >= 0.6 is 12.6 Å². The van der Waals surface area contributed by atoms with E-state index in [4.69, 9.17) is 24.1 Å². The van der Waals surface area contributed by atoms with Crippen molar-refractivity contribution in [3.63, 3.8) is 0 Å². The van der Waals surface area contributed by atoms with Crippen molar-refractivity contribution in [3.8, 4) is 0 Å². The van der Waals surface area contributed by atoms with Crippen molar-refractivity contribution in [2.75, 3.05) is 65.9 Å². The smallest absolute Gasteiger partial charge is 0.326 e. The topological polar surface area (TPSA) is 245 Å². The van der Waals surface area contributed by atoms with Crippen molar-refractivity contribution in [2.45, 2.75) is 135 Å². The highest BCUT2D eigenvalue weighted by Gasteiger charge is 2.21. The van der Waals surface area contributed by atoms with Crippen LogP contribution in [0.3, 0.4) is 0 Å². The van der Waals surface area contributed by atoms with Crippen LogP contribution < -0.4 is 21.3 Å². The molecule has 0 heterocycles. The Morgan fingerprint density at radius 3 is 1.39 bits per heavy atom. The number of thiol groups is 1. The van der Waals surface area contributed by atoms with Crippen LogP contribution in [-0.2, 0) is 52.5 Å². The van der Waals surface area contributed by atoms with Crippen molar-refractivity contribution in [3.05, 3.63) is 0 Å². The van der Waals surface area contributed by atoms with Crippen LogP contribution in [0.2, 0.25) is 0 Å². The number of carbonyl (C=O) groups is 7. The Hall–Kier alpha value is -3.32. The Labute approximate surface area is 337 Å². The van der Waals surface area contributed by atoms with Gasteiger partial charge in [0.1, 0.15) is 19.3 Å². The van der Waals surface area contributed by atoms with E-state index in [0.29, 0.717) is 6.42 Å². The van der Waals surface area contributed by atoms with E-state index in [1.807, 2.05) is 0 Å². The quantitative estimate of drug-likeness (QED) is 0.0348. The molecule has 17 nitrogen and oxygen atoms in total. The first kappa shape index (κ1) is 52.7. The third-order valence-electron chi connectivity index (χ3n) is 8.43. The minimum atomic E-state index is -1.19. The molecule has 0 aliphatic carbocycles. The summed E-state index contributed by atoms with van der Waals surface area (Å²) in [4.78, 5) is 81.0. The number of carboxylic acid groups (broad SMARTS) is 2. The zero-order valence-corrected chi connectivity index (χ0v) is 34.2.